The Bertz CT molecular complexity index is 261. The Balaban J connectivity index is 2.74. The van der Waals surface area contributed by atoms with Gasteiger partial charge in [-0.2, -0.15) is 22.0 Å². The largest absolute Gasteiger partial charge is 0.463 e. The lowest BCUT2D eigenvalue weighted by atomic mass is 10.1. The van der Waals surface area contributed by atoms with Gasteiger partial charge in [-0.15, -0.1) is 0 Å². The molecule has 8 heteroatoms. The highest BCUT2D eigenvalue weighted by molar-refractivity contribution is 5.84. The van der Waals surface area contributed by atoms with Crippen LogP contribution in [0.3, 0.4) is 0 Å². The van der Waals surface area contributed by atoms with E-state index in [9.17, 15) is 26.7 Å². The number of carbonyl (C=O) groups excluding carboxylic acids is 1. The molecule has 88 valence electrons. The van der Waals surface area contributed by atoms with Crippen LogP contribution in [-0.2, 0) is 4.79 Å². The van der Waals surface area contributed by atoms with Gasteiger partial charge in [0.2, 0.25) is 0 Å². The minimum absolute atomic E-state index is 0.232. The Morgan fingerprint density at radius 1 is 1.27 bits per heavy atom. The molecule has 0 atom stereocenters. The number of carbonyl (C=O) groups is 1. The van der Waals surface area contributed by atoms with Crippen molar-refractivity contribution < 1.29 is 26.7 Å². The van der Waals surface area contributed by atoms with Gasteiger partial charge < -0.3 is 10.2 Å². The number of alkyl halides is 5. The predicted octanol–water partition coefficient (Wildman–Crippen LogP) is 0.614. The zero-order valence-corrected chi connectivity index (χ0v) is 7.74. The van der Waals surface area contributed by atoms with Crippen molar-refractivity contribution in [3.8, 4) is 0 Å². The molecule has 1 fully saturated rings. The fourth-order valence-electron chi connectivity index (χ4n) is 1.06. The minimum Gasteiger partial charge on any atom is -0.335 e. The van der Waals surface area contributed by atoms with Crippen LogP contribution < -0.4 is 5.32 Å². The van der Waals surface area contributed by atoms with Gasteiger partial charge in [0.15, 0.2) is 0 Å². The van der Waals surface area contributed by atoms with E-state index in [2.05, 4.69) is 5.32 Å². The number of amides is 1. The van der Waals surface area contributed by atoms with Gasteiger partial charge in [0.05, 0.1) is 6.04 Å². The summed E-state index contributed by atoms with van der Waals surface area (Å²) < 4.78 is 60.6. The number of hydrogen-bond donors (Lipinski definition) is 1. The molecule has 1 N–H and O–H groups in total. The molecule has 0 aromatic rings. The highest BCUT2D eigenvalue weighted by atomic mass is 19.4. The van der Waals surface area contributed by atoms with E-state index < -0.39 is 24.0 Å². The highest BCUT2D eigenvalue weighted by Crippen LogP contribution is 2.37. The van der Waals surface area contributed by atoms with Gasteiger partial charge in [0.25, 0.3) is 0 Å². The molecule has 0 spiro atoms. The summed E-state index contributed by atoms with van der Waals surface area (Å²) in [4.78, 5) is 11.3. The number of nitrogens with one attached hydrogen (secondary N) is 1. The summed E-state index contributed by atoms with van der Waals surface area (Å²) in [7, 11) is 0.938. The molecule has 0 aliphatic carbocycles. The summed E-state index contributed by atoms with van der Waals surface area (Å²) in [5.74, 6) is -7.52. The quantitative estimate of drug-likeness (QED) is 0.707. The molecule has 1 aliphatic heterocycles. The molecule has 3 nitrogen and oxygen atoms in total. The molecule has 0 radical (unpaired) electrons. The SMILES string of the molecule is CN(C(=O)C(F)(F)C(F)(F)F)C1CNC1. The zero-order valence-electron chi connectivity index (χ0n) is 7.74. The van der Waals surface area contributed by atoms with Crippen molar-refractivity contribution in [2.75, 3.05) is 20.1 Å². The standard InChI is InChI=1S/C7H9F5N2O/c1-14(4-2-13-3-4)5(15)6(8,9)7(10,11)12/h4,13H,2-3H2,1H3. The zero-order chi connectivity index (χ0) is 11.9. The maximum Gasteiger partial charge on any atom is 0.463 e. The molecule has 0 saturated carbocycles. The maximum absolute atomic E-state index is 12.6. The molecule has 1 rings (SSSR count). The third kappa shape index (κ3) is 2.04. The van der Waals surface area contributed by atoms with Crippen LogP contribution in [0.2, 0.25) is 0 Å². The average molecular weight is 232 g/mol. The van der Waals surface area contributed by atoms with E-state index in [-0.39, 0.29) is 13.1 Å². The van der Waals surface area contributed by atoms with Crippen molar-refractivity contribution in [3.05, 3.63) is 0 Å². The van der Waals surface area contributed by atoms with E-state index in [0.29, 0.717) is 4.90 Å². The lowest BCUT2D eigenvalue weighted by Gasteiger charge is -2.37. The van der Waals surface area contributed by atoms with Gasteiger partial charge in [0, 0.05) is 20.1 Å². The molecular weight excluding hydrogens is 223 g/mol. The fourth-order valence-corrected chi connectivity index (χ4v) is 1.06. The van der Waals surface area contributed by atoms with Crippen molar-refractivity contribution in [2.45, 2.75) is 18.1 Å². The van der Waals surface area contributed by atoms with E-state index in [1.54, 1.807) is 0 Å². The predicted molar refractivity (Wildman–Crippen MR) is 40.4 cm³/mol. The van der Waals surface area contributed by atoms with E-state index >= 15 is 0 Å². The van der Waals surface area contributed by atoms with Gasteiger partial charge in [-0.05, 0) is 0 Å². The topological polar surface area (TPSA) is 32.3 Å². The summed E-state index contributed by atoms with van der Waals surface area (Å²) in [5.41, 5.74) is 0. The van der Waals surface area contributed by atoms with Crippen LogP contribution in [0.5, 0.6) is 0 Å². The van der Waals surface area contributed by atoms with Crippen molar-refractivity contribution in [3.63, 3.8) is 0 Å². The van der Waals surface area contributed by atoms with Crippen LogP contribution in [0, 0.1) is 0 Å². The molecular formula is C7H9F5N2O. The van der Waals surface area contributed by atoms with Gasteiger partial charge in [0.1, 0.15) is 0 Å². The molecule has 1 aliphatic rings. The molecule has 1 heterocycles. The Labute approximate surface area is 82.2 Å². The van der Waals surface area contributed by atoms with E-state index in [1.807, 2.05) is 0 Å². The smallest absolute Gasteiger partial charge is 0.335 e. The summed E-state index contributed by atoms with van der Waals surface area (Å²) >= 11 is 0. The number of halogens is 5. The van der Waals surface area contributed by atoms with Crippen molar-refractivity contribution >= 4 is 5.91 Å². The first-order chi connectivity index (χ1) is 6.68. The summed E-state index contributed by atoms with van der Waals surface area (Å²) in [6, 6.07) is -0.592. The third-order valence-corrected chi connectivity index (χ3v) is 2.25. The average Bonchev–Trinajstić information content (AvgIpc) is 1.97. The third-order valence-electron chi connectivity index (χ3n) is 2.25. The van der Waals surface area contributed by atoms with Crippen LogP contribution in [0.25, 0.3) is 0 Å². The van der Waals surface area contributed by atoms with Gasteiger partial charge in [-0.1, -0.05) is 0 Å². The van der Waals surface area contributed by atoms with Crippen LogP contribution in [0.1, 0.15) is 0 Å². The number of rotatable bonds is 2. The number of nitrogens with zero attached hydrogens (tertiary/aromatic N) is 1. The second-order valence-electron chi connectivity index (χ2n) is 3.30. The van der Waals surface area contributed by atoms with Crippen LogP contribution >= 0.6 is 0 Å². The lowest BCUT2D eigenvalue weighted by molar-refractivity contribution is -0.274. The number of hydrogen-bond acceptors (Lipinski definition) is 2. The van der Waals surface area contributed by atoms with Crippen LogP contribution in [-0.4, -0.2) is 49.1 Å². The van der Waals surface area contributed by atoms with E-state index in [1.165, 1.54) is 0 Å². The molecule has 0 bridgehead atoms. The van der Waals surface area contributed by atoms with E-state index in [0.717, 1.165) is 7.05 Å². The Hall–Kier alpha value is -0.920. The normalized spacial score (nSPS) is 18.5. The van der Waals surface area contributed by atoms with Crippen LogP contribution in [0.4, 0.5) is 22.0 Å². The molecule has 1 saturated heterocycles. The van der Waals surface area contributed by atoms with Gasteiger partial charge in [-0.3, -0.25) is 4.79 Å². The summed E-state index contributed by atoms with van der Waals surface area (Å²) in [6.45, 7) is 0.465. The first-order valence-electron chi connectivity index (χ1n) is 4.10. The van der Waals surface area contributed by atoms with Crippen molar-refractivity contribution in [2.24, 2.45) is 0 Å². The first kappa shape index (κ1) is 12.2. The maximum atomic E-state index is 12.6. The van der Waals surface area contributed by atoms with Gasteiger partial charge >= 0.3 is 18.0 Å². The Morgan fingerprint density at radius 3 is 2.00 bits per heavy atom. The molecule has 0 unspecified atom stereocenters. The highest BCUT2D eigenvalue weighted by Gasteiger charge is 2.64. The Kier molecular flexibility index (Phi) is 2.90. The summed E-state index contributed by atoms with van der Waals surface area (Å²) in [5, 5.41) is 2.67. The van der Waals surface area contributed by atoms with E-state index in [4.69, 9.17) is 0 Å². The fraction of sp³-hybridized carbons (Fsp3) is 0.857. The first-order valence-corrected chi connectivity index (χ1v) is 4.10. The monoisotopic (exact) mass is 232 g/mol. The van der Waals surface area contributed by atoms with Crippen molar-refractivity contribution in [1.82, 2.24) is 10.2 Å². The second kappa shape index (κ2) is 3.58. The minimum atomic E-state index is -5.84. The molecule has 0 aromatic heterocycles. The molecule has 0 aromatic carbocycles. The lowest BCUT2D eigenvalue weighted by Crippen LogP contribution is -2.62. The molecule has 1 amide bonds. The Morgan fingerprint density at radius 2 is 1.73 bits per heavy atom. The summed E-state index contributed by atoms with van der Waals surface area (Å²) in [6.07, 6.45) is -5.84. The molecule has 15 heavy (non-hydrogen) atoms. The number of likely N-dealkylation sites (N-methyl/N-ethyl adjacent to an activating group) is 1. The second-order valence-corrected chi connectivity index (χ2v) is 3.30. The van der Waals surface area contributed by atoms with Crippen LogP contribution in [0.15, 0.2) is 0 Å². The van der Waals surface area contributed by atoms with Gasteiger partial charge in [-0.25, -0.2) is 0 Å². The van der Waals surface area contributed by atoms with Crippen molar-refractivity contribution in [1.29, 1.82) is 0 Å².